The minimum atomic E-state index is -4.33. The van der Waals surface area contributed by atoms with Gasteiger partial charge in [0.25, 0.3) is 0 Å². The Morgan fingerprint density at radius 3 is 2.52 bits per heavy atom. The minimum absolute atomic E-state index is 0. The predicted octanol–water partition coefficient (Wildman–Crippen LogP) is 3.32. The van der Waals surface area contributed by atoms with Gasteiger partial charge in [-0.3, -0.25) is 4.99 Å². The first kappa shape index (κ1) is 23.2. The number of alkyl halides is 3. The number of piperazine rings is 1. The van der Waals surface area contributed by atoms with Crippen molar-refractivity contribution in [3.8, 4) is 0 Å². The standard InChI is InChI=1S/C19H23F3N6.HI/c1-14-24-7-6-16(26-14)13-25-18(23-2)28-10-8-27(9-11-28)17-5-3-4-15(12-17)19(20,21)22;/h3-7,12H,8-11,13H2,1-2H3,(H,23,25);1H. The summed E-state index contributed by atoms with van der Waals surface area (Å²) in [4.78, 5) is 16.8. The van der Waals surface area contributed by atoms with Gasteiger partial charge in [0.05, 0.1) is 17.8 Å². The van der Waals surface area contributed by atoms with E-state index in [-0.39, 0.29) is 24.0 Å². The topological polar surface area (TPSA) is 56.7 Å². The lowest BCUT2D eigenvalue weighted by molar-refractivity contribution is -0.137. The lowest BCUT2D eigenvalue weighted by atomic mass is 10.1. The number of halogens is 4. The van der Waals surface area contributed by atoms with Crippen LogP contribution in [0.1, 0.15) is 17.1 Å². The van der Waals surface area contributed by atoms with E-state index >= 15 is 0 Å². The highest BCUT2D eigenvalue weighted by molar-refractivity contribution is 14.0. The number of guanidine groups is 1. The van der Waals surface area contributed by atoms with Gasteiger partial charge in [-0.25, -0.2) is 9.97 Å². The van der Waals surface area contributed by atoms with E-state index in [0.717, 1.165) is 17.7 Å². The molecule has 0 atom stereocenters. The van der Waals surface area contributed by atoms with Crippen molar-refractivity contribution in [1.29, 1.82) is 0 Å². The number of benzene rings is 1. The van der Waals surface area contributed by atoms with E-state index in [0.29, 0.717) is 44.2 Å². The molecule has 0 amide bonds. The molecule has 29 heavy (non-hydrogen) atoms. The van der Waals surface area contributed by atoms with Crippen LogP contribution in [0.15, 0.2) is 41.5 Å². The number of rotatable bonds is 3. The van der Waals surface area contributed by atoms with Crippen LogP contribution in [0.25, 0.3) is 0 Å². The number of nitrogens with zero attached hydrogens (tertiary/aromatic N) is 5. The fourth-order valence-corrected chi connectivity index (χ4v) is 3.16. The van der Waals surface area contributed by atoms with Gasteiger partial charge in [-0.05, 0) is 31.2 Å². The Labute approximate surface area is 185 Å². The Bertz CT molecular complexity index is 835. The number of anilines is 1. The highest BCUT2D eigenvalue weighted by atomic mass is 127. The fraction of sp³-hybridized carbons (Fsp3) is 0.421. The first-order valence-corrected chi connectivity index (χ1v) is 9.03. The van der Waals surface area contributed by atoms with E-state index in [9.17, 15) is 13.2 Å². The molecule has 2 heterocycles. The number of hydrogen-bond donors (Lipinski definition) is 1. The molecule has 0 aliphatic carbocycles. The van der Waals surface area contributed by atoms with Crippen molar-refractivity contribution < 1.29 is 13.2 Å². The van der Waals surface area contributed by atoms with E-state index < -0.39 is 11.7 Å². The number of nitrogens with one attached hydrogen (secondary N) is 1. The summed E-state index contributed by atoms with van der Waals surface area (Å²) >= 11 is 0. The second kappa shape index (κ2) is 10.1. The molecule has 0 bridgehead atoms. The average molecular weight is 520 g/mol. The zero-order valence-electron chi connectivity index (χ0n) is 16.3. The van der Waals surface area contributed by atoms with Crippen LogP contribution < -0.4 is 10.2 Å². The summed E-state index contributed by atoms with van der Waals surface area (Å²) in [6, 6.07) is 7.32. The largest absolute Gasteiger partial charge is 0.416 e. The van der Waals surface area contributed by atoms with E-state index in [1.807, 2.05) is 17.9 Å². The zero-order chi connectivity index (χ0) is 20.1. The summed E-state index contributed by atoms with van der Waals surface area (Å²) in [6.07, 6.45) is -2.61. The predicted molar refractivity (Wildman–Crippen MR) is 118 cm³/mol. The minimum Gasteiger partial charge on any atom is -0.368 e. The third kappa shape index (κ3) is 6.18. The maximum atomic E-state index is 12.9. The molecule has 3 rings (SSSR count). The molecule has 0 unspecified atom stereocenters. The molecule has 0 saturated carbocycles. The monoisotopic (exact) mass is 520 g/mol. The van der Waals surface area contributed by atoms with Crippen LogP contribution in [-0.2, 0) is 12.7 Å². The Morgan fingerprint density at radius 1 is 1.17 bits per heavy atom. The van der Waals surface area contributed by atoms with Crippen LogP contribution in [0.2, 0.25) is 0 Å². The normalized spacial score (nSPS) is 15.1. The van der Waals surface area contributed by atoms with Gasteiger partial charge in [0.15, 0.2) is 5.96 Å². The Balaban J connectivity index is 0.00000300. The van der Waals surface area contributed by atoms with Crippen LogP contribution in [0.5, 0.6) is 0 Å². The van der Waals surface area contributed by atoms with Crippen LogP contribution >= 0.6 is 24.0 Å². The van der Waals surface area contributed by atoms with Crippen LogP contribution in [0.4, 0.5) is 18.9 Å². The van der Waals surface area contributed by atoms with Crippen molar-refractivity contribution >= 4 is 35.6 Å². The van der Waals surface area contributed by atoms with Gasteiger partial charge < -0.3 is 15.1 Å². The van der Waals surface area contributed by atoms with Gasteiger partial charge in [-0.2, -0.15) is 13.2 Å². The molecular formula is C19H24F3IN6. The number of aromatic nitrogens is 2. The second-order valence-electron chi connectivity index (χ2n) is 6.52. The Morgan fingerprint density at radius 2 is 1.90 bits per heavy atom. The molecule has 6 nitrogen and oxygen atoms in total. The van der Waals surface area contributed by atoms with Crippen molar-refractivity contribution in [2.45, 2.75) is 19.6 Å². The molecule has 0 radical (unpaired) electrons. The summed E-state index contributed by atoms with van der Waals surface area (Å²) in [5.41, 5.74) is 0.843. The molecule has 1 fully saturated rings. The molecule has 1 aromatic carbocycles. The summed E-state index contributed by atoms with van der Waals surface area (Å²) in [6.45, 7) is 4.94. The molecule has 0 spiro atoms. The molecular weight excluding hydrogens is 496 g/mol. The SMILES string of the molecule is CN=C(NCc1ccnc(C)n1)N1CCN(c2cccc(C(F)(F)F)c2)CC1.I. The van der Waals surface area contributed by atoms with E-state index in [1.165, 1.54) is 12.1 Å². The molecule has 1 aromatic heterocycles. The van der Waals surface area contributed by atoms with E-state index in [1.54, 1.807) is 19.3 Å². The Kier molecular flexibility index (Phi) is 8.05. The van der Waals surface area contributed by atoms with Gasteiger partial charge in [-0.1, -0.05) is 6.07 Å². The first-order valence-electron chi connectivity index (χ1n) is 9.03. The molecule has 1 saturated heterocycles. The third-order valence-corrected chi connectivity index (χ3v) is 4.59. The van der Waals surface area contributed by atoms with Crippen molar-refractivity contribution in [3.63, 3.8) is 0 Å². The number of aryl methyl sites for hydroxylation is 1. The van der Waals surface area contributed by atoms with Gasteiger partial charge in [0, 0.05) is 45.1 Å². The molecule has 10 heteroatoms. The van der Waals surface area contributed by atoms with Crippen LogP contribution in [0, 0.1) is 6.92 Å². The molecule has 1 aliphatic rings. The average Bonchev–Trinajstić information content (AvgIpc) is 2.68. The Hall–Kier alpha value is -2.11. The summed E-state index contributed by atoms with van der Waals surface area (Å²) in [5, 5.41) is 3.28. The summed E-state index contributed by atoms with van der Waals surface area (Å²) < 4.78 is 38.8. The van der Waals surface area contributed by atoms with E-state index in [4.69, 9.17) is 0 Å². The van der Waals surface area contributed by atoms with Crippen molar-refractivity contribution in [2.24, 2.45) is 4.99 Å². The van der Waals surface area contributed by atoms with Crippen molar-refractivity contribution in [3.05, 3.63) is 53.6 Å². The number of aliphatic imine (C=N–C) groups is 1. The van der Waals surface area contributed by atoms with Crippen LogP contribution in [0.3, 0.4) is 0 Å². The quantitative estimate of drug-likeness (QED) is 0.383. The van der Waals surface area contributed by atoms with Gasteiger partial charge in [-0.15, -0.1) is 24.0 Å². The first-order chi connectivity index (χ1) is 13.4. The molecule has 2 aromatic rings. The zero-order valence-corrected chi connectivity index (χ0v) is 18.6. The summed E-state index contributed by atoms with van der Waals surface area (Å²) in [5.74, 6) is 1.46. The van der Waals surface area contributed by atoms with Gasteiger partial charge >= 0.3 is 6.18 Å². The molecule has 158 valence electrons. The van der Waals surface area contributed by atoms with E-state index in [2.05, 4.69) is 25.2 Å². The van der Waals surface area contributed by atoms with Crippen molar-refractivity contribution in [1.82, 2.24) is 20.2 Å². The van der Waals surface area contributed by atoms with Gasteiger partial charge in [0.2, 0.25) is 0 Å². The van der Waals surface area contributed by atoms with Crippen molar-refractivity contribution in [2.75, 3.05) is 38.1 Å². The maximum absolute atomic E-state index is 12.9. The van der Waals surface area contributed by atoms with Gasteiger partial charge in [0.1, 0.15) is 5.82 Å². The number of hydrogen-bond acceptors (Lipinski definition) is 4. The maximum Gasteiger partial charge on any atom is 0.416 e. The molecule has 1 N–H and O–H groups in total. The summed E-state index contributed by atoms with van der Waals surface area (Å²) in [7, 11) is 1.72. The highest BCUT2D eigenvalue weighted by Crippen LogP contribution is 2.31. The van der Waals surface area contributed by atoms with Crippen LogP contribution in [-0.4, -0.2) is 54.1 Å². The molecule has 1 aliphatic heterocycles. The lowest BCUT2D eigenvalue weighted by Crippen LogP contribution is -2.52. The lowest BCUT2D eigenvalue weighted by Gasteiger charge is -2.37. The highest BCUT2D eigenvalue weighted by Gasteiger charge is 2.31. The fourth-order valence-electron chi connectivity index (χ4n) is 3.16. The smallest absolute Gasteiger partial charge is 0.368 e. The third-order valence-electron chi connectivity index (χ3n) is 4.59. The second-order valence-corrected chi connectivity index (χ2v) is 6.52.